The van der Waals surface area contributed by atoms with E-state index in [4.69, 9.17) is 0 Å². The Labute approximate surface area is 115 Å². The summed E-state index contributed by atoms with van der Waals surface area (Å²) in [6.07, 6.45) is 0. The first-order valence-electron chi connectivity index (χ1n) is 6.82. The third kappa shape index (κ3) is 3.47. The number of hydrogen-bond donors (Lipinski definition) is 0. The van der Waals surface area contributed by atoms with E-state index in [0.29, 0.717) is 6.04 Å². The first-order chi connectivity index (χ1) is 9.08. The van der Waals surface area contributed by atoms with Crippen LogP contribution in [0.3, 0.4) is 0 Å². The SMILES string of the molecule is CC1CN(C(=O)N(C)C)CCN1Cc1ccccc1. The fraction of sp³-hybridized carbons (Fsp3) is 0.533. The Morgan fingerprint density at radius 1 is 1.26 bits per heavy atom. The van der Waals surface area contributed by atoms with Crippen LogP contribution >= 0.6 is 0 Å². The molecule has 4 heteroatoms. The third-order valence-corrected chi connectivity index (χ3v) is 3.65. The number of amides is 2. The number of urea groups is 1. The third-order valence-electron chi connectivity index (χ3n) is 3.65. The number of benzene rings is 1. The van der Waals surface area contributed by atoms with Crippen molar-refractivity contribution in [2.75, 3.05) is 33.7 Å². The molecule has 1 heterocycles. The van der Waals surface area contributed by atoms with Crippen molar-refractivity contribution in [1.29, 1.82) is 0 Å². The van der Waals surface area contributed by atoms with E-state index in [0.717, 1.165) is 26.2 Å². The van der Waals surface area contributed by atoms with Gasteiger partial charge in [0.1, 0.15) is 0 Å². The van der Waals surface area contributed by atoms with Crippen LogP contribution in [0.4, 0.5) is 4.79 Å². The Morgan fingerprint density at radius 3 is 2.53 bits per heavy atom. The highest BCUT2D eigenvalue weighted by atomic mass is 16.2. The number of piperazine rings is 1. The van der Waals surface area contributed by atoms with E-state index in [1.807, 2.05) is 25.1 Å². The van der Waals surface area contributed by atoms with E-state index < -0.39 is 0 Å². The molecule has 0 aromatic heterocycles. The minimum atomic E-state index is 0.117. The molecule has 1 atom stereocenters. The largest absolute Gasteiger partial charge is 0.331 e. The summed E-state index contributed by atoms with van der Waals surface area (Å²) in [6, 6.07) is 11.0. The molecule has 1 aliphatic heterocycles. The first-order valence-corrected chi connectivity index (χ1v) is 6.82. The summed E-state index contributed by atoms with van der Waals surface area (Å²) in [4.78, 5) is 18.0. The lowest BCUT2D eigenvalue weighted by Crippen LogP contribution is -2.55. The Kier molecular flexibility index (Phi) is 4.43. The van der Waals surface area contributed by atoms with Crippen LogP contribution in [0.2, 0.25) is 0 Å². The van der Waals surface area contributed by atoms with Crippen LogP contribution in [0, 0.1) is 0 Å². The van der Waals surface area contributed by atoms with Crippen molar-refractivity contribution in [3.05, 3.63) is 35.9 Å². The van der Waals surface area contributed by atoms with Gasteiger partial charge in [0.05, 0.1) is 0 Å². The lowest BCUT2D eigenvalue weighted by Gasteiger charge is -2.40. The molecule has 19 heavy (non-hydrogen) atoms. The van der Waals surface area contributed by atoms with Crippen molar-refractivity contribution in [2.24, 2.45) is 0 Å². The second-order valence-electron chi connectivity index (χ2n) is 5.43. The molecular weight excluding hydrogens is 238 g/mol. The summed E-state index contributed by atoms with van der Waals surface area (Å²) < 4.78 is 0. The molecule has 1 unspecified atom stereocenters. The minimum absolute atomic E-state index is 0.117. The molecule has 2 amide bonds. The van der Waals surface area contributed by atoms with Crippen molar-refractivity contribution < 1.29 is 4.79 Å². The van der Waals surface area contributed by atoms with E-state index in [1.165, 1.54) is 5.56 Å². The maximum absolute atomic E-state index is 11.9. The van der Waals surface area contributed by atoms with Crippen LogP contribution in [0.5, 0.6) is 0 Å². The molecule has 0 saturated carbocycles. The average Bonchev–Trinajstić information content (AvgIpc) is 2.41. The number of rotatable bonds is 2. The van der Waals surface area contributed by atoms with E-state index >= 15 is 0 Å². The first kappa shape index (κ1) is 13.9. The van der Waals surface area contributed by atoms with Gasteiger partial charge in [-0.25, -0.2) is 4.79 Å². The van der Waals surface area contributed by atoms with Gasteiger partial charge in [-0.2, -0.15) is 0 Å². The zero-order chi connectivity index (χ0) is 13.8. The van der Waals surface area contributed by atoms with Gasteiger partial charge in [0, 0.05) is 46.3 Å². The Bertz CT molecular complexity index is 419. The molecule has 1 aromatic carbocycles. The smallest absolute Gasteiger partial charge is 0.319 e. The highest BCUT2D eigenvalue weighted by Crippen LogP contribution is 2.14. The molecule has 1 aromatic rings. The molecule has 2 rings (SSSR count). The summed E-state index contributed by atoms with van der Waals surface area (Å²) in [5.74, 6) is 0. The number of carbonyl (C=O) groups excluding carboxylic acids is 1. The van der Waals surface area contributed by atoms with Crippen LogP contribution < -0.4 is 0 Å². The van der Waals surface area contributed by atoms with Crippen LogP contribution in [0.1, 0.15) is 12.5 Å². The minimum Gasteiger partial charge on any atom is -0.331 e. The molecule has 0 bridgehead atoms. The molecular formula is C15H23N3O. The number of carbonyl (C=O) groups is 1. The summed E-state index contributed by atoms with van der Waals surface area (Å²) in [5.41, 5.74) is 1.33. The molecule has 104 valence electrons. The summed E-state index contributed by atoms with van der Waals surface area (Å²) >= 11 is 0. The van der Waals surface area contributed by atoms with Gasteiger partial charge in [-0.3, -0.25) is 4.90 Å². The van der Waals surface area contributed by atoms with Gasteiger partial charge in [-0.05, 0) is 12.5 Å². The predicted octanol–water partition coefficient (Wildman–Crippen LogP) is 1.87. The van der Waals surface area contributed by atoms with Gasteiger partial charge >= 0.3 is 6.03 Å². The number of nitrogens with zero attached hydrogens (tertiary/aromatic N) is 3. The standard InChI is InChI=1S/C15H23N3O/c1-13-11-18(15(19)16(2)3)10-9-17(13)12-14-7-5-4-6-8-14/h4-8,13H,9-12H2,1-3H3. The molecule has 1 fully saturated rings. The lowest BCUT2D eigenvalue weighted by molar-refractivity contribution is 0.0829. The molecule has 0 aliphatic carbocycles. The molecule has 0 spiro atoms. The van der Waals surface area contributed by atoms with Crippen molar-refractivity contribution in [2.45, 2.75) is 19.5 Å². The maximum atomic E-state index is 11.9. The van der Waals surface area contributed by atoms with E-state index in [2.05, 4.69) is 36.1 Å². The van der Waals surface area contributed by atoms with Gasteiger partial charge < -0.3 is 9.80 Å². The van der Waals surface area contributed by atoms with Gasteiger partial charge in [0.15, 0.2) is 0 Å². The topological polar surface area (TPSA) is 26.8 Å². The van der Waals surface area contributed by atoms with Gasteiger partial charge in [-0.1, -0.05) is 30.3 Å². The average molecular weight is 261 g/mol. The van der Waals surface area contributed by atoms with Crippen LogP contribution in [0.25, 0.3) is 0 Å². The second kappa shape index (κ2) is 6.06. The molecule has 1 aliphatic rings. The van der Waals surface area contributed by atoms with E-state index in [-0.39, 0.29) is 6.03 Å². The monoisotopic (exact) mass is 261 g/mol. The fourth-order valence-electron chi connectivity index (χ4n) is 2.50. The summed E-state index contributed by atoms with van der Waals surface area (Å²) in [7, 11) is 3.62. The predicted molar refractivity (Wildman–Crippen MR) is 77.0 cm³/mol. The molecule has 1 saturated heterocycles. The lowest BCUT2D eigenvalue weighted by atomic mass is 10.1. The van der Waals surface area contributed by atoms with Gasteiger partial charge in [0.2, 0.25) is 0 Å². The Hall–Kier alpha value is -1.55. The van der Waals surface area contributed by atoms with E-state index in [9.17, 15) is 4.79 Å². The normalized spacial score (nSPS) is 20.4. The fourth-order valence-corrected chi connectivity index (χ4v) is 2.50. The summed E-state index contributed by atoms with van der Waals surface area (Å²) in [6.45, 7) is 5.72. The zero-order valence-electron chi connectivity index (χ0n) is 12.0. The van der Waals surface area contributed by atoms with Crippen LogP contribution in [-0.4, -0.2) is 60.5 Å². The highest BCUT2D eigenvalue weighted by Gasteiger charge is 2.27. The van der Waals surface area contributed by atoms with Crippen molar-refractivity contribution in [1.82, 2.24) is 14.7 Å². The van der Waals surface area contributed by atoms with Gasteiger partial charge in [-0.15, -0.1) is 0 Å². The van der Waals surface area contributed by atoms with Crippen molar-refractivity contribution in [3.63, 3.8) is 0 Å². The molecule has 0 radical (unpaired) electrons. The Morgan fingerprint density at radius 2 is 1.95 bits per heavy atom. The second-order valence-corrected chi connectivity index (χ2v) is 5.43. The van der Waals surface area contributed by atoms with Crippen molar-refractivity contribution >= 4 is 6.03 Å². The van der Waals surface area contributed by atoms with Crippen LogP contribution in [-0.2, 0) is 6.54 Å². The number of hydrogen-bond acceptors (Lipinski definition) is 2. The zero-order valence-corrected chi connectivity index (χ0v) is 12.0. The highest BCUT2D eigenvalue weighted by molar-refractivity contribution is 5.74. The molecule has 0 N–H and O–H groups in total. The maximum Gasteiger partial charge on any atom is 0.319 e. The van der Waals surface area contributed by atoms with Gasteiger partial charge in [0.25, 0.3) is 0 Å². The Balaban J connectivity index is 1.92. The van der Waals surface area contributed by atoms with Crippen molar-refractivity contribution in [3.8, 4) is 0 Å². The molecule has 4 nitrogen and oxygen atoms in total. The summed E-state index contributed by atoms with van der Waals surface area (Å²) in [5, 5.41) is 0. The van der Waals surface area contributed by atoms with E-state index in [1.54, 1.807) is 4.90 Å². The quantitative estimate of drug-likeness (QED) is 0.812. The van der Waals surface area contributed by atoms with Crippen LogP contribution in [0.15, 0.2) is 30.3 Å².